The van der Waals surface area contributed by atoms with Gasteiger partial charge in [0.15, 0.2) is 11.6 Å². The summed E-state index contributed by atoms with van der Waals surface area (Å²) in [5.74, 6) is -0.813. The lowest BCUT2D eigenvalue weighted by Crippen LogP contribution is -2.47. The molecular formula is C13H16BrFN2O2. The average Bonchev–Trinajstić information content (AvgIpc) is 2.41. The Bertz CT molecular complexity index is 488. The maximum absolute atomic E-state index is 14.1. The molecule has 0 radical (unpaired) electrons. The van der Waals surface area contributed by atoms with E-state index in [1.807, 2.05) is 7.05 Å². The molecule has 0 aliphatic carbocycles. The minimum absolute atomic E-state index is 0.0516. The van der Waals surface area contributed by atoms with E-state index in [4.69, 9.17) is 4.74 Å². The molecule has 0 aromatic heterocycles. The molecule has 1 heterocycles. The number of amides is 1. The second-order valence-electron chi connectivity index (χ2n) is 4.57. The van der Waals surface area contributed by atoms with Crippen LogP contribution in [0, 0.1) is 5.82 Å². The highest BCUT2D eigenvalue weighted by atomic mass is 79.9. The largest absolute Gasteiger partial charge is 0.494 e. The van der Waals surface area contributed by atoms with Crippen LogP contribution in [-0.2, 0) is 0 Å². The summed E-state index contributed by atoms with van der Waals surface area (Å²) in [6, 6.07) is 3.01. The Morgan fingerprint density at radius 3 is 2.53 bits per heavy atom. The molecule has 0 spiro atoms. The van der Waals surface area contributed by atoms with Crippen LogP contribution in [0.3, 0.4) is 0 Å². The van der Waals surface area contributed by atoms with E-state index in [9.17, 15) is 9.18 Å². The molecule has 0 N–H and O–H groups in total. The van der Waals surface area contributed by atoms with Crippen LogP contribution >= 0.6 is 15.9 Å². The lowest BCUT2D eigenvalue weighted by Gasteiger charge is -2.32. The van der Waals surface area contributed by atoms with Crippen molar-refractivity contribution < 1.29 is 13.9 Å². The van der Waals surface area contributed by atoms with Gasteiger partial charge in [-0.3, -0.25) is 4.79 Å². The van der Waals surface area contributed by atoms with Crippen LogP contribution in [0.2, 0.25) is 0 Å². The molecule has 0 saturated carbocycles. The van der Waals surface area contributed by atoms with Crippen molar-refractivity contribution in [1.29, 1.82) is 0 Å². The van der Waals surface area contributed by atoms with E-state index in [-0.39, 0.29) is 17.2 Å². The van der Waals surface area contributed by atoms with Crippen molar-refractivity contribution in [3.63, 3.8) is 0 Å². The van der Waals surface area contributed by atoms with Gasteiger partial charge in [0.05, 0.1) is 12.7 Å². The number of benzene rings is 1. The highest BCUT2D eigenvalue weighted by Crippen LogP contribution is 2.27. The summed E-state index contributed by atoms with van der Waals surface area (Å²) >= 11 is 3.26. The molecule has 1 aromatic rings. The second-order valence-corrected chi connectivity index (χ2v) is 5.48. The van der Waals surface area contributed by atoms with Crippen LogP contribution in [-0.4, -0.2) is 56.0 Å². The van der Waals surface area contributed by atoms with E-state index in [1.54, 1.807) is 4.90 Å². The van der Waals surface area contributed by atoms with Crippen molar-refractivity contribution in [2.45, 2.75) is 0 Å². The predicted octanol–water partition coefficient (Wildman–Crippen LogP) is 1.98. The fourth-order valence-corrected chi connectivity index (χ4v) is 2.49. The van der Waals surface area contributed by atoms with Crippen LogP contribution in [0.4, 0.5) is 4.39 Å². The Hall–Kier alpha value is -1.14. The van der Waals surface area contributed by atoms with Gasteiger partial charge < -0.3 is 14.5 Å². The minimum atomic E-state index is -0.602. The summed E-state index contributed by atoms with van der Waals surface area (Å²) in [6.07, 6.45) is 0. The van der Waals surface area contributed by atoms with E-state index < -0.39 is 5.82 Å². The van der Waals surface area contributed by atoms with Gasteiger partial charge >= 0.3 is 0 Å². The van der Waals surface area contributed by atoms with E-state index in [0.29, 0.717) is 17.6 Å². The Morgan fingerprint density at radius 1 is 1.32 bits per heavy atom. The van der Waals surface area contributed by atoms with Crippen LogP contribution in [0.1, 0.15) is 10.4 Å². The normalized spacial score (nSPS) is 16.5. The average molecular weight is 331 g/mol. The summed E-state index contributed by atoms with van der Waals surface area (Å²) in [7, 11) is 3.39. The molecule has 1 amide bonds. The summed E-state index contributed by atoms with van der Waals surface area (Å²) in [6.45, 7) is 2.84. The van der Waals surface area contributed by atoms with Gasteiger partial charge in [-0.15, -0.1) is 0 Å². The van der Waals surface area contributed by atoms with E-state index in [0.717, 1.165) is 13.1 Å². The number of methoxy groups -OCH3 is 1. The quantitative estimate of drug-likeness (QED) is 0.831. The molecule has 4 nitrogen and oxygen atoms in total. The first-order chi connectivity index (χ1) is 9.02. The van der Waals surface area contributed by atoms with Crippen molar-refractivity contribution in [1.82, 2.24) is 9.80 Å². The zero-order valence-electron chi connectivity index (χ0n) is 10.9. The zero-order valence-corrected chi connectivity index (χ0v) is 12.5. The first-order valence-corrected chi connectivity index (χ1v) is 6.83. The molecular weight excluding hydrogens is 315 g/mol. The van der Waals surface area contributed by atoms with Crippen LogP contribution in [0.15, 0.2) is 16.6 Å². The van der Waals surface area contributed by atoms with E-state index in [1.165, 1.54) is 19.2 Å². The lowest BCUT2D eigenvalue weighted by molar-refractivity contribution is 0.0658. The Morgan fingerprint density at radius 2 is 1.95 bits per heavy atom. The standard InChI is InChI=1S/C13H16BrFN2O2/c1-16-3-5-17(6-4-16)13(18)10-7-9(14)8-11(19-2)12(10)15/h7-8H,3-6H2,1-2H3. The molecule has 104 valence electrons. The summed E-state index contributed by atoms with van der Waals surface area (Å²) in [5, 5.41) is 0. The number of carbonyl (C=O) groups is 1. The molecule has 0 atom stereocenters. The van der Waals surface area contributed by atoms with Gasteiger partial charge in [0.1, 0.15) is 0 Å². The van der Waals surface area contributed by atoms with Gasteiger partial charge in [0, 0.05) is 30.7 Å². The lowest BCUT2D eigenvalue weighted by atomic mass is 10.1. The predicted molar refractivity (Wildman–Crippen MR) is 74.1 cm³/mol. The van der Waals surface area contributed by atoms with Crippen molar-refractivity contribution in [2.24, 2.45) is 0 Å². The van der Waals surface area contributed by atoms with E-state index >= 15 is 0 Å². The van der Waals surface area contributed by atoms with Gasteiger partial charge in [-0.25, -0.2) is 4.39 Å². The number of halogens is 2. The molecule has 2 rings (SSSR count). The van der Waals surface area contributed by atoms with Crippen LogP contribution in [0.25, 0.3) is 0 Å². The smallest absolute Gasteiger partial charge is 0.257 e. The minimum Gasteiger partial charge on any atom is -0.494 e. The van der Waals surface area contributed by atoms with Crippen molar-refractivity contribution >= 4 is 21.8 Å². The number of carbonyl (C=O) groups excluding carboxylic acids is 1. The van der Waals surface area contributed by atoms with Crippen LogP contribution < -0.4 is 4.74 Å². The molecule has 1 aromatic carbocycles. The summed E-state index contributed by atoms with van der Waals surface area (Å²) < 4.78 is 19.7. The molecule has 1 saturated heterocycles. The van der Waals surface area contributed by atoms with E-state index in [2.05, 4.69) is 20.8 Å². The number of likely N-dealkylation sites (N-methyl/N-ethyl adjacent to an activating group) is 1. The molecule has 6 heteroatoms. The van der Waals surface area contributed by atoms with Gasteiger partial charge in [-0.1, -0.05) is 15.9 Å². The number of rotatable bonds is 2. The van der Waals surface area contributed by atoms with Gasteiger partial charge in [-0.2, -0.15) is 0 Å². The second kappa shape index (κ2) is 5.88. The SMILES string of the molecule is COc1cc(Br)cc(C(=O)N2CCN(C)CC2)c1F. The van der Waals surface area contributed by atoms with Crippen molar-refractivity contribution in [2.75, 3.05) is 40.3 Å². The highest BCUT2D eigenvalue weighted by molar-refractivity contribution is 9.10. The number of hydrogen-bond acceptors (Lipinski definition) is 3. The maximum atomic E-state index is 14.1. The zero-order chi connectivity index (χ0) is 14.0. The Balaban J connectivity index is 2.26. The van der Waals surface area contributed by atoms with Crippen molar-refractivity contribution in [3.05, 3.63) is 28.0 Å². The van der Waals surface area contributed by atoms with Crippen molar-refractivity contribution in [3.8, 4) is 5.75 Å². The molecule has 0 bridgehead atoms. The fourth-order valence-electron chi connectivity index (χ4n) is 2.05. The Labute approximate surface area is 120 Å². The molecule has 1 fully saturated rings. The number of piperazine rings is 1. The Kier molecular flexibility index (Phi) is 4.42. The maximum Gasteiger partial charge on any atom is 0.257 e. The number of ether oxygens (including phenoxy) is 1. The van der Waals surface area contributed by atoms with Gasteiger partial charge in [0.25, 0.3) is 5.91 Å². The molecule has 19 heavy (non-hydrogen) atoms. The third-order valence-corrected chi connectivity index (χ3v) is 3.70. The molecule has 1 aliphatic heterocycles. The monoisotopic (exact) mass is 330 g/mol. The first kappa shape index (κ1) is 14.3. The van der Waals surface area contributed by atoms with Crippen LogP contribution in [0.5, 0.6) is 5.75 Å². The third-order valence-electron chi connectivity index (χ3n) is 3.24. The first-order valence-electron chi connectivity index (χ1n) is 6.03. The highest BCUT2D eigenvalue weighted by Gasteiger charge is 2.24. The summed E-state index contributed by atoms with van der Waals surface area (Å²) in [5.41, 5.74) is 0.0516. The summed E-state index contributed by atoms with van der Waals surface area (Å²) in [4.78, 5) is 16.2. The van der Waals surface area contributed by atoms with Gasteiger partial charge in [0.2, 0.25) is 0 Å². The van der Waals surface area contributed by atoms with Gasteiger partial charge in [-0.05, 0) is 19.2 Å². The number of nitrogens with zero attached hydrogens (tertiary/aromatic N) is 2. The number of hydrogen-bond donors (Lipinski definition) is 0. The fraction of sp³-hybridized carbons (Fsp3) is 0.462. The topological polar surface area (TPSA) is 32.8 Å². The molecule has 1 aliphatic rings. The molecule has 0 unspecified atom stereocenters. The third kappa shape index (κ3) is 3.06.